The average molecular weight is 724 g/mol. The molecule has 0 fully saturated rings. The summed E-state index contributed by atoms with van der Waals surface area (Å²) in [4.78, 5) is 12.3. The molecule has 0 spiro atoms. The van der Waals surface area contributed by atoms with Crippen molar-refractivity contribution in [1.82, 2.24) is 5.32 Å². The van der Waals surface area contributed by atoms with Gasteiger partial charge in [-0.25, -0.2) is 0 Å². The second-order valence-electron chi connectivity index (χ2n) is 14.7. The fourth-order valence-electron chi connectivity index (χ4n) is 6.31. The maximum Gasteiger partial charge on any atom is 0.220 e. The van der Waals surface area contributed by atoms with Crippen molar-refractivity contribution in [1.29, 1.82) is 0 Å². The Hall–Kier alpha value is -2.17. The van der Waals surface area contributed by atoms with Crippen LogP contribution in [0.3, 0.4) is 0 Å². The van der Waals surface area contributed by atoms with Crippen LogP contribution in [-0.2, 0) is 4.79 Å². The summed E-state index contributed by atoms with van der Waals surface area (Å²) in [6.07, 6.45) is 62.0. The van der Waals surface area contributed by atoms with Gasteiger partial charge in [0.25, 0.3) is 0 Å². The quantitative estimate of drug-likeness (QED) is 0.0437. The Morgan fingerprint density at radius 2 is 0.865 bits per heavy atom. The van der Waals surface area contributed by atoms with Gasteiger partial charge in [-0.2, -0.15) is 0 Å². The van der Waals surface area contributed by atoms with Crippen molar-refractivity contribution in [3.63, 3.8) is 0 Å². The third-order valence-corrected chi connectivity index (χ3v) is 9.65. The van der Waals surface area contributed by atoms with Gasteiger partial charge >= 0.3 is 0 Å². The van der Waals surface area contributed by atoms with E-state index in [0.29, 0.717) is 6.42 Å². The number of unbranched alkanes of at least 4 members (excludes halogenated alkanes) is 22. The van der Waals surface area contributed by atoms with Gasteiger partial charge in [-0.15, -0.1) is 0 Å². The fraction of sp³-hybridized carbons (Fsp3) is 0.729. The third-order valence-electron chi connectivity index (χ3n) is 9.65. The zero-order chi connectivity index (χ0) is 37.8. The Morgan fingerprint density at radius 3 is 1.33 bits per heavy atom. The molecule has 4 nitrogen and oxygen atoms in total. The molecule has 0 saturated carbocycles. The predicted octanol–water partition coefficient (Wildman–Crippen LogP) is 13.9. The van der Waals surface area contributed by atoms with Gasteiger partial charge in [0, 0.05) is 6.42 Å². The van der Waals surface area contributed by atoms with E-state index >= 15 is 0 Å². The van der Waals surface area contributed by atoms with Crippen LogP contribution in [0.1, 0.15) is 206 Å². The summed E-state index contributed by atoms with van der Waals surface area (Å²) >= 11 is 0. The predicted molar refractivity (Wildman–Crippen MR) is 230 cm³/mol. The van der Waals surface area contributed by atoms with Gasteiger partial charge < -0.3 is 15.5 Å². The highest BCUT2D eigenvalue weighted by Crippen LogP contribution is 2.15. The molecule has 4 heteroatoms. The Morgan fingerprint density at radius 1 is 0.481 bits per heavy atom. The van der Waals surface area contributed by atoms with Crippen molar-refractivity contribution in [2.24, 2.45) is 0 Å². The van der Waals surface area contributed by atoms with Crippen molar-refractivity contribution in [3.8, 4) is 0 Å². The normalized spacial score (nSPS) is 13.7. The average Bonchev–Trinajstić information content (AvgIpc) is 3.15. The molecule has 2 atom stereocenters. The van der Waals surface area contributed by atoms with Gasteiger partial charge in [0.1, 0.15) is 0 Å². The van der Waals surface area contributed by atoms with Crippen LogP contribution in [-0.4, -0.2) is 34.9 Å². The molecule has 0 saturated heterocycles. The lowest BCUT2D eigenvalue weighted by molar-refractivity contribution is -0.123. The van der Waals surface area contributed by atoms with E-state index in [1.807, 2.05) is 6.08 Å². The molecule has 0 rings (SSSR count). The van der Waals surface area contributed by atoms with Crippen LogP contribution in [0, 0.1) is 0 Å². The Labute approximate surface area is 323 Å². The topological polar surface area (TPSA) is 69.6 Å². The van der Waals surface area contributed by atoms with Crippen molar-refractivity contribution in [3.05, 3.63) is 72.9 Å². The molecule has 0 bridgehead atoms. The summed E-state index contributed by atoms with van der Waals surface area (Å²) in [5.74, 6) is -0.0793. The van der Waals surface area contributed by atoms with E-state index in [9.17, 15) is 15.0 Å². The third kappa shape index (κ3) is 39.0. The number of aliphatic hydroxyl groups excluding tert-OH is 2. The van der Waals surface area contributed by atoms with Crippen LogP contribution in [0.15, 0.2) is 72.9 Å². The lowest BCUT2D eigenvalue weighted by Gasteiger charge is -2.19. The first-order valence-corrected chi connectivity index (χ1v) is 22.2. The maximum absolute atomic E-state index is 12.3. The molecule has 3 N–H and O–H groups in total. The van der Waals surface area contributed by atoms with Crippen LogP contribution in [0.5, 0.6) is 0 Å². The highest BCUT2D eigenvalue weighted by atomic mass is 16.3. The molecule has 0 aromatic rings. The van der Waals surface area contributed by atoms with Crippen molar-refractivity contribution < 1.29 is 15.0 Å². The fourth-order valence-corrected chi connectivity index (χ4v) is 6.31. The van der Waals surface area contributed by atoms with Gasteiger partial charge in [-0.1, -0.05) is 209 Å². The summed E-state index contributed by atoms with van der Waals surface area (Å²) in [6.45, 7) is 4.07. The van der Waals surface area contributed by atoms with Crippen molar-refractivity contribution in [2.75, 3.05) is 6.61 Å². The number of carbonyl (C=O) groups is 1. The smallest absolute Gasteiger partial charge is 0.220 e. The van der Waals surface area contributed by atoms with E-state index < -0.39 is 12.1 Å². The van der Waals surface area contributed by atoms with E-state index in [2.05, 4.69) is 79.9 Å². The molecule has 0 aromatic carbocycles. The molecule has 0 aliphatic heterocycles. The number of nitrogens with one attached hydrogen (secondary N) is 1. The Kier molecular flexibility index (Phi) is 41.4. The second-order valence-corrected chi connectivity index (χ2v) is 14.7. The monoisotopic (exact) mass is 724 g/mol. The summed E-state index contributed by atoms with van der Waals surface area (Å²) in [5.41, 5.74) is 0. The Bertz CT molecular complexity index is 915. The maximum atomic E-state index is 12.3. The minimum absolute atomic E-state index is 0.0793. The first kappa shape index (κ1) is 49.8. The minimum Gasteiger partial charge on any atom is -0.394 e. The van der Waals surface area contributed by atoms with Gasteiger partial charge in [0.05, 0.1) is 18.8 Å². The highest BCUT2D eigenvalue weighted by Gasteiger charge is 2.17. The molecule has 0 heterocycles. The van der Waals surface area contributed by atoms with E-state index in [1.165, 1.54) is 122 Å². The highest BCUT2D eigenvalue weighted by molar-refractivity contribution is 5.76. The second kappa shape index (κ2) is 43.2. The first-order chi connectivity index (χ1) is 25.7. The van der Waals surface area contributed by atoms with Crippen LogP contribution in [0.25, 0.3) is 0 Å². The number of rotatable bonds is 39. The van der Waals surface area contributed by atoms with Crippen LogP contribution in [0.2, 0.25) is 0 Å². The van der Waals surface area contributed by atoms with Gasteiger partial charge in [-0.3, -0.25) is 4.79 Å². The number of aliphatic hydroxyl groups is 2. The minimum atomic E-state index is -0.859. The van der Waals surface area contributed by atoms with E-state index in [0.717, 1.165) is 64.2 Å². The zero-order valence-electron chi connectivity index (χ0n) is 34.3. The number of hydrogen-bond donors (Lipinski definition) is 3. The van der Waals surface area contributed by atoms with E-state index in [-0.39, 0.29) is 12.5 Å². The number of hydrogen-bond acceptors (Lipinski definition) is 3. The largest absolute Gasteiger partial charge is 0.394 e. The molecule has 52 heavy (non-hydrogen) atoms. The van der Waals surface area contributed by atoms with Crippen molar-refractivity contribution >= 4 is 5.91 Å². The number of amides is 1. The Balaban J connectivity index is 3.41. The molecule has 0 aliphatic carbocycles. The molecular formula is C48H85NO3. The molecule has 1 amide bonds. The molecule has 300 valence electrons. The SMILES string of the molecule is CC/C=C\C/C=C\C/C=C\C/C=C\CCCCCCCCCCCCCCCCCCCCCCC(=O)NC(CO)C(O)/C=C/CC/C=C/CCC. The van der Waals surface area contributed by atoms with E-state index in [1.54, 1.807) is 6.08 Å². The van der Waals surface area contributed by atoms with Gasteiger partial charge in [-0.05, 0) is 64.2 Å². The lowest BCUT2D eigenvalue weighted by Crippen LogP contribution is -2.45. The standard InChI is InChI=1S/C48H85NO3/c1-3-5-7-9-11-12-13-14-15-16-17-18-19-20-21-22-23-24-25-26-27-28-29-30-31-32-33-34-35-36-38-40-42-44-48(52)49-46(45-50)47(51)43-41-39-37-10-8-6-4-2/h5,7-8,10-12,14-15,17-18,41,43,46-47,50-51H,3-4,6,9,13,16,19-40,42,44-45H2,1-2H3,(H,49,52)/b7-5-,10-8+,12-11-,15-14-,18-17-,43-41+. The van der Waals surface area contributed by atoms with Gasteiger partial charge in [0.15, 0.2) is 0 Å². The molecule has 0 aromatic heterocycles. The number of carbonyl (C=O) groups excluding carboxylic acids is 1. The van der Waals surface area contributed by atoms with E-state index in [4.69, 9.17) is 0 Å². The first-order valence-electron chi connectivity index (χ1n) is 22.2. The zero-order valence-corrected chi connectivity index (χ0v) is 34.3. The molecule has 0 radical (unpaired) electrons. The molecular weight excluding hydrogens is 639 g/mol. The van der Waals surface area contributed by atoms with Gasteiger partial charge in [0.2, 0.25) is 5.91 Å². The lowest BCUT2D eigenvalue weighted by atomic mass is 10.0. The summed E-state index contributed by atoms with van der Waals surface area (Å²) in [7, 11) is 0. The number of allylic oxidation sites excluding steroid dienone is 11. The molecule has 2 unspecified atom stereocenters. The summed E-state index contributed by atoms with van der Waals surface area (Å²) < 4.78 is 0. The van der Waals surface area contributed by atoms with Crippen LogP contribution >= 0.6 is 0 Å². The molecule has 0 aliphatic rings. The van der Waals surface area contributed by atoms with Crippen LogP contribution in [0.4, 0.5) is 0 Å². The summed E-state index contributed by atoms with van der Waals surface area (Å²) in [6, 6.07) is -0.636. The summed E-state index contributed by atoms with van der Waals surface area (Å²) in [5, 5.41) is 22.7. The van der Waals surface area contributed by atoms with Crippen molar-refractivity contribution in [2.45, 2.75) is 219 Å². The van der Waals surface area contributed by atoms with Crippen LogP contribution < -0.4 is 5.32 Å².